The molecule has 1 unspecified atom stereocenters. The van der Waals surface area contributed by atoms with Crippen molar-refractivity contribution < 1.29 is 19.1 Å². The maximum atomic E-state index is 12.2. The fraction of sp³-hybridized carbons (Fsp3) is 0.222. The number of primary amides is 1. The molecule has 0 saturated heterocycles. The summed E-state index contributed by atoms with van der Waals surface area (Å²) in [5, 5.41) is 2.66. The van der Waals surface area contributed by atoms with E-state index in [4.69, 9.17) is 15.2 Å². The Bertz CT molecular complexity index is 696. The third kappa shape index (κ3) is 4.49. The summed E-state index contributed by atoms with van der Waals surface area (Å²) in [6, 6.07) is 13.1. The number of carbonyl (C=O) groups excluding carboxylic acids is 2. The zero-order chi connectivity index (χ0) is 17.5. The minimum Gasteiger partial charge on any atom is -0.497 e. The zero-order valence-electron chi connectivity index (χ0n) is 13.6. The van der Waals surface area contributed by atoms with Crippen LogP contribution in [0.25, 0.3) is 0 Å². The van der Waals surface area contributed by atoms with Crippen LogP contribution in [0.5, 0.6) is 11.5 Å². The molecule has 0 spiro atoms. The molecule has 2 amide bonds. The normalized spacial score (nSPS) is 11.4. The molecule has 0 fully saturated rings. The van der Waals surface area contributed by atoms with Crippen molar-refractivity contribution >= 4 is 11.8 Å². The van der Waals surface area contributed by atoms with Crippen molar-refractivity contribution in [2.24, 2.45) is 5.73 Å². The summed E-state index contributed by atoms with van der Waals surface area (Å²) in [6.07, 6.45) is 0.143. The highest BCUT2D eigenvalue weighted by molar-refractivity contribution is 5.88. The van der Waals surface area contributed by atoms with Crippen LogP contribution in [0.4, 0.5) is 0 Å². The summed E-state index contributed by atoms with van der Waals surface area (Å²) in [5.41, 5.74) is 6.83. The average molecular weight is 328 g/mol. The molecule has 2 aromatic carbocycles. The van der Waals surface area contributed by atoms with E-state index in [0.29, 0.717) is 17.1 Å². The number of rotatable bonds is 7. The predicted octanol–water partition coefficient (Wildman–Crippen LogP) is 1.59. The first kappa shape index (κ1) is 17.3. The molecule has 126 valence electrons. The van der Waals surface area contributed by atoms with Gasteiger partial charge in [-0.2, -0.15) is 0 Å². The number of nitrogens with two attached hydrogens (primary N) is 1. The molecule has 0 saturated carbocycles. The summed E-state index contributed by atoms with van der Waals surface area (Å²) < 4.78 is 10.1. The molecule has 2 rings (SSSR count). The lowest BCUT2D eigenvalue weighted by molar-refractivity contribution is -0.127. The summed E-state index contributed by atoms with van der Waals surface area (Å²) in [4.78, 5) is 23.9. The maximum Gasteiger partial charge on any atom is 0.244 e. The van der Waals surface area contributed by atoms with E-state index >= 15 is 0 Å². The highest BCUT2D eigenvalue weighted by Crippen LogP contribution is 2.18. The molecule has 0 bridgehead atoms. The smallest absolute Gasteiger partial charge is 0.244 e. The van der Waals surface area contributed by atoms with Crippen LogP contribution in [0, 0.1) is 0 Å². The molecule has 2 aromatic rings. The molecular formula is C18H20N2O4. The first-order chi connectivity index (χ1) is 11.5. The van der Waals surface area contributed by atoms with E-state index in [1.165, 1.54) is 0 Å². The highest BCUT2D eigenvalue weighted by atomic mass is 16.5. The molecule has 0 aliphatic heterocycles. The van der Waals surface area contributed by atoms with Gasteiger partial charge in [0.2, 0.25) is 11.8 Å². The monoisotopic (exact) mass is 328 g/mol. The van der Waals surface area contributed by atoms with Crippen LogP contribution in [-0.4, -0.2) is 26.0 Å². The van der Waals surface area contributed by atoms with Gasteiger partial charge in [-0.3, -0.25) is 9.59 Å². The number of ether oxygens (including phenoxy) is 2. The number of nitrogens with one attached hydrogen (secondary N) is 1. The van der Waals surface area contributed by atoms with Crippen molar-refractivity contribution in [3.8, 4) is 11.5 Å². The van der Waals surface area contributed by atoms with Gasteiger partial charge >= 0.3 is 0 Å². The van der Waals surface area contributed by atoms with Crippen molar-refractivity contribution in [3.63, 3.8) is 0 Å². The van der Waals surface area contributed by atoms with E-state index in [2.05, 4.69) is 5.32 Å². The van der Waals surface area contributed by atoms with Crippen LogP contribution in [0.2, 0.25) is 0 Å². The molecule has 6 nitrogen and oxygen atoms in total. The van der Waals surface area contributed by atoms with Gasteiger partial charge < -0.3 is 20.5 Å². The third-order valence-electron chi connectivity index (χ3n) is 3.56. The summed E-state index contributed by atoms with van der Waals surface area (Å²) in [6.45, 7) is 0. The fourth-order valence-electron chi connectivity index (χ4n) is 2.26. The van der Waals surface area contributed by atoms with Crippen molar-refractivity contribution in [3.05, 3.63) is 59.7 Å². The SMILES string of the molecule is COc1ccc(CC(=O)NC(C(N)=O)c2ccc(OC)cc2)cc1. The van der Waals surface area contributed by atoms with Gasteiger partial charge in [0, 0.05) is 0 Å². The van der Waals surface area contributed by atoms with Gasteiger partial charge in [0.1, 0.15) is 17.5 Å². The second kappa shape index (κ2) is 8.01. The standard InChI is InChI=1S/C18H20N2O4/c1-23-14-7-3-12(4-8-14)11-16(21)20-17(18(19)22)13-5-9-15(24-2)10-6-13/h3-10,17H,11H2,1-2H3,(H2,19,22)(H,20,21). The Balaban J connectivity index is 2.05. The van der Waals surface area contributed by atoms with Crippen LogP contribution in [0.1, 0.15) is 17.2 Å². The lowest BCUT2D eigenvalue weighted by Crippen LogP contribution is -2.38. The summed E-state index contributed by atoms with van der Waals surface area (Å²) in [7, 11) is 3.13. The predicted molar refractivity (Wildman–Crippen MR) is 89.8 cm³/mol. The minimum absolute atomic E-state index is 0.143. The van der Waals surface area contributed by atoms with E-state index in [1.54, 1.807) is 62.8 Å². The molecule has 0 heterocycles. The number of benzene rings is 2. The van der Waals surface area contributed by atoms with Crippen molar-refractivity contribution in [2.75, 3.05) is 14.2 Å². The minimum atomic E-state index is -0.887. The Morgan fingerprint density at radius 3 is 1.92 bits per heavy atom. The van der Waals surface area contributed by atoms with Crippen LogP contribution in [-0.2, 0) is 16.0 Å². The number of hydrogen-bond acceptors (Lipinski definition) is 4. The highest BCUT2D eigenvalue weighted by Gasteiger charge is 2.20. The largest absolute Gasteiger partial charge is 0.497 e. The second-order valence-corrected chi connectivity index (χ2v) is 5.20. The van der Waals surface area contributed by atoms with E-state index in [0.717, 1.165) is 5.56 Å². The first-order valence-electron chi connectivity index (χ1n) is 7.39. The van der Waals surface area contributed by atoms with E-state index in [9.17, 15) is 9.59 Å². The van der Waals surface area contributed by atoms with Crippen LogP contribution in [0.3, 0.4) is 0 Å². The molecule has 0 aliphatic carbocycles. The maximum absolute atomic E-state index is 12.2. The Hall–Kier alpha value is -3.02. The molecule has 6 heteroatoms. The van der Waals surface area contributed by atoms with Gasteiger partial charge in [0.15, 0.2) is 0 Å². The number of amides is 2. The molecule has 0 aliphatic rings. The third-order valence-corrected chi connectivity index (χ3v) is 3.56. The van der Waals surface area contributed by atoms with E-state index < -0.39 is 11.9 Å². The molecule has 0 aromatic heterocycles. The zero-order valence-corrected chi connectivity index (χ0v) is 13.6. The topological polar surface area (TPSA) is 90.6 Å². The second-order valence-electron chi connectivity index (χ2n) is 5.20. The van der Waals surface area contributed by atoms with Gasteiger partial charge in [-0.05, 0) is 35.4 Å². The van der Waals surface area contributed by atoms with Crippen LogP contribution < -0.4 is 20.5 Å². The van der Waals surface area contributed by atoms with Gasteiger partial charge in [-0.25, -0.2) is 0 Å². The van der Waals surface area contributed by atoms with Gasteiger partial charge in [0.25, 0.3) is 0 Å². The lowest BCUT2D eigenvalue weighted by Gasteiger charge is -2.16. The van der Waals surface area contributed by atoms with Crippen LogP contribution >= 0.6 is 0 Å². The Kier molecular flexibility index (Phi) is 5.78. The quantitative estimate of drug-likeness (QED) is 0.807. The first-order valence-corrected chi connectivity index (χ1v) is 7.39. The van der Waals surface area contributed by atoms with Crippen molar-refractivity contribution in [2.45, 2.75) is 12.5 Å². The summed E-state index contributed by atoms with van der Waals surface area (Å²) >= 11 is 0. The number of hydrogen-bond donors (Lipinski definition) is 2. The van der Waals surface area contributed by atoms with Gasteiger partial charge in [-0.1, -0.05) is 24.3 Å². The Labute approximate surface area is 140 Å². The van der Waals surface area contributed by atoms with E-state index in [1.807, 2.05) is 0 Å². The fourth-order valence-corrected chi connectivity index (χ4v) is 2.26. The molecule has 1 atom stereocenters. The Morgan fingerprint density at radius 2 is 1.46 bits per heavy atom. The van der Waals surface area contributed by atoms with Crippen molar-refractivity contribution in [1.29, 1.82) is 0 Å². The molecule has 24 heavy (non-hydrogen) atoms. The molecule has 3 N–H and O–H groups in total. The van der Waals surface area contributed by atoms with E-state index in [-0.39, 0.29) is 12.3 Å². The molecular weight excluding hydrogens is 308 g/mol. The Morgan fingerprint density at radius 1 is 0.958 bits per heavy atom. The summed E-state index contributed by atoms with van der Waals surface area (Å²) in [5.74, 6) is 0.460. The lowest BCUT2D eigenvalue weighted by atomic mass is 10.1. The van der Waals surface area contributed by atoms with Gasteiger partial charge in [0.05, 0.1) is 20.6 Å². The number of methoxy groups -OCH3 is 2. The average Bonchev–Trinajstić information content (AvgIpc) is 2.60. The van der Waals surface area contributed by atoms with Crippen molar-refractivity contribution in [1.82, 2.24) is 5.32 Å². The van der Waals surface area contributed by atoms with Crippen LogP contribution in [0.15, 0.2) is 48.5 Å². The number of carbonyl (C=O) groups is 2. The van der Waals surface area contributed by atoms with Gasteiger partial charge in [-0.15, -0.1) is 0 Å². The molecule has 0 radical (unpaired) electrons.